The number of nitrogens with one attached hydrogen (secondary N) is 2. The predicted molar refractivity (Wildman–Crippen MR) is 149 cm³/mol. The minimum Gasteiger partial charge on any atom is -0.501 e. The van der Waals surface area contributed by atoms with Gasteiger partial charge in [-0.25, -0.2) is 4.79 Å². The van der Waals surface area contributed by atoms with Crippen molar-refractivity contribution in [2.45, 2.75) is 37.9 Å². The highest BCUT2D eigenvalue weighted by Gasteiger charge is 2.30. The van der Waals surface area contributed by atoms with E-state index in [1.165, 1.54) is 12.1 Å². The van der Waals surface area contributed by atoms with Crippen LogP contribution in [0.15, 0.2) is 90.2 Å². The summed E-state index contributed by atoms with van der Waals surface area (Å²) in [5, 5.41) is 5.83. The summed E-state index contributed by atoms with van der Waals surface area (Å²) in [5.74, 6) is 0.530. The number of fused-ring (bicyclic) bond motifs is 1. The fraction of sp³-hybridized carbons (Fsp3) is 0.250. The molecule has 212 valence electrons. The van der Waals surface area contributed by atoms with Crippen LogP contribution in [0.3, 0.4) is 0 Å². The van der Waals surface area contributed by atoms with Gasteiger partial charge >= 0.3 is 12.3 Å². The zero-order valence-electron chi connectivity index (χ0n) is 22.4. The van der Waals surface area contributed by atoms with Crippen molar-refractivity contribution in [2.24, 2.45) is 0 Å². The van der Waals surface area contributed by atoms with Gasteiger partial charge < -0.3 is 20.1 Å². The first kappa shape index (κ1) is 28.0. The van der Waals surface area contributed by atoms with E-state index in [0.717, 1.165) is 47.4 Å². The summed E-state index contributed by atoms with van der Waals surface area (Å²) in [5.41, 5.74) is 4.33. The number of carbonyl (C=O) groups is 2. The fourth-order valence-electron chi connectivity index (χ4n) is 5.09. The van der Waals surface area contributed by atoms with Crippen molar-refractivity contribution in [3.05, 3.63) is 112 Å². The Morgan fingerprint density at radius 1 is 0.927 bits per heavy atom. The number of methoxy groups -OCH3 is 1. The summed E-state index contributed by atoms with van der Waals surface area (Å²) in [7, 11) is 1.64. The molecule has 2 aliphatic rings. The number of ether oxygens (including phenoxy) is 2. The van der Waals surface area contributed by atoms with Crippen molar-refractivity contribution in [1.29, 1.82) is 0 Å². The smallest absolute Gasteiger partial charge is 0.416 e. The van der Waals surface area contributed by atoms with Crippen LogP contribution >= 0.6 is 0 Å². The summed E-state index contributed by atoms with van der Waals surface area (Å²) in [6.07, 6.45) is 1.71. The van der Waals surface area contributed by atoms with E-state index in [-0.39, 0.29) is 18.6 Å². The van der Waals surface area contributed by atoms with Crippen molar-refractivity contribution < 1.29 is 32.2 Å². The molecule has 2 aliphatic carbocycles. The van der Waals surface area contributed by atoms with Gasteiger partial charge in [0.05, 0.1) is 18.4 Å². The minimum absolute atomic E-state index is 0.121. The molecule has 0 heterocycles. The third kappa shape index (κ3) is 6.80. The van der Waals surface area contributed by atoms with Crippen LogP contribution in [0.4, 0.5) is 23.7 Å². The lowest BCUT2D eigenvalue weighted by molar-refractivity contribution is -0.137. The molecule has 3 aromatic rings. The van der Waals surface area contributed by atoms with Gasteiger partial charge in [0.1, 0.15) is 6.61 Å². The van der Waals surface area contributed by atoms with Gasteiger partial charge in [-0.15, -0.1) is 0 Å². The second kappa shape index (κ2) is 11.9. The molecule has 2 N–H and O–H groups in total. The van der Waals surface area contributed by atoms with E-state index in [1.54, 1.807) is 37.4 Å². The number of alkyl halides is 3. The van der Waals surface area contributed by atoms with Gasteiger partial charge in [-0.3, -0.25) is 4.79 Å². The zero-order valence-corrected chi connectivity index (χ0v) is 22.4. The Kier molecular flexibility index (Phi) is 8.14. The number of rotatable bonds is 7. The Balaban J connectivity index is 1.19. The maximum Gasteiger partial charge on any atom is 0.416 e. The molecule has 3 aromatic carbocycles. The lowest BCUT2D eigenvalue weighted by atomic mass is 9.98. The normalized spacial score (nSPS) is 16.2. The number of amides is 2. The molecule has 0 spiro atoms. The molecule has 0 fully saturated rings. The Hall–Kier alpha value is -4.53. The average Bonchev–Trinajstić information content (AvgIpc) is 3.37. The van der Waals surface area contributed by atoms with E-state index < -0.39 is 17.8 Å². The standard InChI is InChI=1S/C32H29F3N2O4/c1-40-27-14-6-20(7-15-27)19-41-31(39)37-26-16-22-10-13-25(17-23(22)18-26)36-30(38)29-5-3-2-4-28(29)21-8-11-24(12-9-21)32(33,34)35/h2-6,8-14,17,26H,7,15-16,18-19H2,1H3,(H,36,38)(H,37,39). The molecule has 0 aromatic heterocycles. The molecule has 9 heteroatoms. The Labute approximate surface area is 235 Å². The van der Waals surface area contributed by atoms with E-state index in [9.17, 15) is 22.8 Å². The van der Waals surface area contributed by atoms with Gasteiger partial charge in [-0.05, 0) is 83.5 Å². The molecule has 0 saturated carbocycles. The first-order chi connectivity index (χ1) is 19.7. The summed E-state index contributed by atoms with van der Waals surface area (Å²) < 4.78 is 49.6. The third-order valence-corrected chi connectivity index (χ3v) is 7.26. The van der Waals surface area contributed by atoms with Crippen LogP contribution in [0, 0.1) is 0 Å². The molecule has 6 nitrogen and oxygen atoms in total. The van der Waals surface area contributed by atoms with Crippen LogP contribution in [-0.4, -0.2) is 31.8 Å². The topological polar surface area (TPSA) is 76.7 Å². The van der Waals surface area contributed by atoms with Crippen molar-refractivity contribution in [2.75, 3.05) is 19.0 Å². The molecule has 1 atom stereocenters. The van der Waals surface area contributed by atoms with E-state index in [2.05, 4.69) is 10.6 Å². The number of hydrogen-bond acceptors (Lipinski definition) is 4. The second-order valence-electron chi connectivity index (χ2n) is 10.0. The lowest BCUT2D eigenvalue weighted by Crippen LogP contribution is -2.36. The molecule has 0 aliphatic heterocycles. The van der Waals surface area contributed by atoms with Gasteiger partial charge in [-0.2, -0.15) is 13.2 Å². The lowest BCUT2D eigenvalue weighted by Gasteiger charge is -2.16. The minimum atomic E-state index is -4.43. The van der Waals surface area contributed by atoms with E-state index >= 15 is 0 Å². The first-order valence-corrected chi connectivity index (χ1v) is 13.3. The summed E-state index contributed by atoms with van der Waals surface area (Å²) in [6, 6.07) is 17.0. The molecule has 0 saturated heterocycles. The van der Waals surface area contributed by atoms with Crippen LogP contribution < -0.4 is 10.6 Å². The van der Waals surface area contributed by atoms with Crippen LogP contribution in [0.1, 0.15) is 39.9 Å². The molecule has 0 bridgehead atoms. The largest absolute Gasteiger partial charge is 0.501 e. The Morgan fingerprint density at radius 3 is 2.39 bits per heavy atom. The second-order valence-corrected chi connectivity index (χ2v) is 10.0. The first-order valence-electron chi connectivity index (χ1n) is 13.3. The number of alkyl carbamates (subject to hydrolysis) is 1. The molecular formula is C32H29F3N2O4. The van der Waals surface area contributed by atoms with E-state index in [1.807, 2.05) is 24.3 Å². The van der Waals surface area contributed by atoms with Crippen LogP contribution in [0.2, 0.25) is 0 Å². The number of carbonyl (C=O) groups excluding carboxylic acids is 2. The number of anilines is 1. The van der Waals surface area contributed by atoms with Gasteiger partial charge in [-0.1, -0.05) is 42.5 Å². The van der Waals surface area contributed by atoms with Crippen LogP contribution in [0.25, 0.3) is 11.1 Å². The van der Waals surface area contributed by atoms with Gasteiger partial charge in [0.2, 0.25) is 0 Å². The van der Waals surface area contributed by atoms with E-state index in [4.69, 9.17) is 9.47 Å². The fourth-order valence-corrected chi connectivity index (χ4v) is 5.09. The SMILES string of the molecule is COC1=CC=C(COC(=O)NC2Cc3ccc(NC(=O)c4ccccc4-c4ccc(C(F)(F)F)cc4)cc3C2)CC1. The maximum atomic E-state index is 13.2. The molecule has 5 rings (SSSR count). The van der Waals surface area contributed by atoms with Crippen LogP contribution in [-0.2, 0) is 28.5 Å². The van der Waals surface area contributed by atoms with Crippen molar-refractivity contribution in [3.8, 4) is 11.1 Å². The zero-order chi connectivity index (χ0) is 29.0. The van der Waals surface area contributed by atoms with Gasteiger partial charge in [0.25, 0.3) is 5.91 Å². The number of hydrogen-bond donors (Lipinski definition) is 2. The third-order valence-electron chi connectivity index (χ3n) is 7.26. The number of halogens is 3. The van der Waals surface area contributed by atoms with Gasteiger partial charge in [0, 0.05) is 23.7 Å². The highest BCUT2D eigenvalue weighted by Crippen LogP contribution is 2.32. The van der Waals surface area contributed by atoms with Gasteiger partial charge in [0.15, 0.2) is 0 Å². The molecule has 1 unspecified atom stereocenters. The Morgan fingerprint density at radius 2 is 1.68 bits per heavy atom. The average molecular weight is 563 g/mol. The summed E-state index contributed by atoms with van der Waals surface area (Å²) in [4.78, 5) is 25.6. The van der Waals surface area contributed by atoms with Crippen molar-refractivity contribution >= 4 is 17.7 Å². The number of benzene rings is 3. The Bertz CT molecular complexity index is 1510. The van der Waals surface area contributed by atoms with Crippen molar-refractivity contribution in [3.63, 3.8) is 0 Å². The molecular weight excluding hydrogens is 533 g/mol. The maximum absolute atomic E-state index is 13.2. The quantitative estimate of drug-likeness (QED) is 0.323. The van der Waals surface area contributed by atoms with Crippen LogP contribution in [0.5, 0.6) is 0 Å². The molecule has 0 radical (unpaired) electrons. The summed E-state index contributed by atoms with van der Waals surface area (Å²) in [6.45, 7) is 0.225. The van der Waals surface area contributed by atoms with E-state index in [0.29, 0.717) is 35.2 Å². The summed E-state index contributed by atoms with van der Waals surface area (Å²) >= 11 is 0. The van der Waals surface area contributed by atoms with Crippen molar-refractivity contribution in [1.82, 2.24) is 5.32 Å². The monoisotopic (exact) mass is 562 g/mol. The molecule has 41 heavy (non-hydrogen) atoms. The highest BCUT2D eigenvalue weighted by molar-refractivity contribution is 6.08. The number of allylic oxidation sites excluding steroid dienone is 3. The predicted octanol–water partition coefficient (Wildman–Crippen LogP) is 7.07. The highest BCUT2D eigenvalue weighted by atomic mass is 19.4. The molecule has 2 amide bonds.